The zero-order chi connectivity index (χ0) is 12.0. The summed E-state index contributed by atoms with van der Waals surface area (Å²) in [4.78, 5) is 11.4. The van der Waals surface area contributed by atoms with E-state index in [2.05, 4.69) is 19.2 Å². The van der Waals surface area contributed by atoms with Gasteiger partial charge in [0.15, 0.2) is 0 Å². The van der Waals surface area contributed by atoms with Gasteiger partial charge in [-0.15, -0.1) is 0 Å². The van der Waals surface area contributed by atoms with Gasteiger partial charge in [-0.25, -0.2) is 4.39 Å². The van der Waals surface area contributed by atoms with Gasteiger partial charge in [-0.2, -0.15) is 0 Å². The van der Waals surface area contributed by atoms with E-state index in [1.807, 2.05) is 0 Å². The summed E-state index contributed by atoms with van der Waals surface area (Å²) in [6, 6.07) is 6.48. The Hall–Kier alpha value is -1.38. The quantitative estimate of drug-likeness (QED) is 0.817. The maximum absolute atomic E-state index is 13.2. The zero-order valence-corrected chi connectivity index (χ0v) is 9.79. The van der Waals surface area contributed by atoms with Gasteiger partial charge in [0, 0.05) is 18.5 Å². The molecule has 1 rings (SSSR count). The van der Waals surface area contributed by atoms with Crippen LogP contribution in [0.4, 0.5) is 4.39 Å². The topological polar surface area (TPSA) is 29.1 Å². The Morgan fingerprint density at radius 1 is 1.38 bits per heavy atom. The van der Waals surface area contributed by atoms with Crippen LogP contribution in [0.5, 0.6) is 0 Å². The van der Waals surface area contributed by atoms with E-state index >= 15 is 0 Å². The summed E-state index contributed by atoms with van der Waals surface area (Å²) < 4.78 is 13.2. The minimum atomic E-state index is -0.272. The summed E-state index contributed by atoms with van der Waals surface area (Å²) >= 11 is 0. The first kappa shape index (κ1) is 12.7. The van der Waals surface area contributed by atoms with Crippen molar-refractivity contribution in [1.29, 1.82) is 0 Å². The van der Waals surface area contributed by atoms with Crippen LogP contribution in [0.3, 0.4) is 0 Å². The van der Waals surface area contributed by atoms with Gasteiger partial charge in [0.05, 0.1) is 0 Å². The molecule has 1 N–H and O–H groups in total. The van der Waals surface area contributed by atoms with Crippen LogP contribution in [-0.2, 0) is 11.3 Å². The van der Waals surface area contributed by atoms with E-state index in [1.54, 1.807) is 18.2 Å². The van der Waals surface area contributed by atoms with Crippen molar-refractivity contribution in [3.63, 3.8) is 0 Å². The highest BCUT2D eigenvalue weighted by molar-refractivity contribution is 5.75. The van der Waals surface area contributed by atoms with Crippen LogP contribution in [0.1, 0.15) is 32.3 Å². The molecule has 1 amide bonds. The number of carbonyl (C=O) groups excluding carboxylic acids is 1. The maximum atomic E-state index is 13.2. The molecule has 2 nitrogen and oxygen atoms in total. The van der Waals surface area contributed by atoms with Crippen LogP contribution in [-0.4, -0.2) is 5.91 Å². The highest BCUT2D eigenvalue weighted by Gasteiger charge is 2.05. The van der Waals surface area contributed by atoms with Crippen molar-refractivity contribution >= 4 is 5.91 Å². The Balaban J connectivity index is 2.35. The number of rotatable bonds is 5. The van der Waals surface area contributed by atoms with Crippen molar-refractivity contribution in [1.82, 2.24) is 5.32 Å². The maximum Gasteiger partial charge on any atom is 0.220 e. The van der Waals surface area contributed by atoms with Crippen LogP contribution in [0.15, 0.2) is 24.3 Å². The molecule has 0 bridgehead atoms. The summed E-state index contributed by atoms with van der Waals surface area (Å²) in [5.74, 6) is 0.225. The van der Waals surface area contributed by atoms with Crippen molar-refractivity contribution in [2.45, 2.75) is 33.2 Å². The molecule has 1 aromatic rings. The van der Waals surface area contributed by atoms with Gasteiger partial charge in [0.1, 0.15) is 5.82 Å². The third kappa shape index (κ3) is 4.43. The predicted octanol–water partition coefficient (Wildman–Crippen LogP) is 2.88. The summed E-state index contributed by atoms with van der Waals surface area (Å²) in [5.41, 5.74) is 0.528. The summed E-state index contributed by atoms with van der Waals surface area (Å²) in [7, 11) is 0. The third-order valence-electron chi connectivity index (χ3n) is 2.38. The Morgan fingerprint density at radius 2 is 2.06 bits per heavy atom. The monoisotopic (exact) mass is 223 g/mol. The van der Waals surface area contributed by atoms with Crippen LogP contribution < -0.4 is 5.32 Å². The number of amides is 1. The number of nitrogens with one attached hydrogen (secondary N) is 1. The van der Waals surface area contributed by atoms with E-state index in [0.29, 0.717) is 17.9 Å². The largest absolute Gasteiger partial charge is 0.352 e. The molecule has 0 spiro atoms. The van der Waals surface area contributed by atoms with Crippen molar-refractivity contribution in [2.75, 3.05) is 0 Å². The first-order chi connectivity index (χ1) is 7.59. The number of hydrogen-bond donors (Lipinski definition) is 1. The smallest absolute Gasteiger partial charge is 0.220 e. The van der Waals surface area contributed by atoms with Gasteiger partial charge in [0.2, 0.25) is 5.91 Å². The fourth-order valence-electron chi connectivity index (χ4n) is 1.34. The molecule has 0 atom stereocenters. The lowest BCUT2D eigenvalue weighted by molar-refractivity contribution is -0.121. The van der Waals surface area contributed by atoms with Crippen molar-refractivity contribution < 1.29 is 9.18 Å². The molecule has 0 fully saturated rings. The molecule has 16 heavy (non-hydrogen) atoms. The minimum Gasteiger partial charge on any atom is -0.352 e. The average molecular weight is 223 g/mol. The Bertz CT molecular complexity index is 350. The molecule has 0 aromatic heterocycles. The van der Waals surface area contributed by atoms with E-state index in [-0.39, 0.29) is 18.3 Å². The second kappa shape index (κ2) is 6.26. The van der Waals surface area contributed by atoms with Gasteiger partial charge in [0.25, 0.3) is 0 Å². The first-order valence-corrected chi connectivity index (χ1v) is 5.59. The van der Waals surface area contributed by atoms with Crippen LogP contribution in [0.2, 0.25) is 0 Å². The average Bonchev–Trinajstić information content (AvgIpc) is 2.25. The Labute approximate surface area is 95.9 Å². The molecule has 0 heterocycles. The molecule has 0 saturated carbocycles. The zero-order valence-electron chi connectivity index (χ0n) is 9.79. The molecule has 0 aliphatic heterocycles. The number of hydrogen-bond acceptors (Lipinski definition) is 1. The van der Waals surface area contributed by atoms with Crippen molar-refractivity contribution in [3.05, 3.63) is 35.6 Å². The molecule has 0 saturated heterocycles. The number of halogens is 1. The number of benzene rings is 1. The predicted molar refractivity (Wildman–Crippen MR) is 62.3 cm³/mol. The molecule has 0 radical (unpaired) electrons. The molecule has 0 aliphatic carbocycles. The lowest BCUT2D eigenvalue weighted by atomic mass is 10.1. The van der Waals surface area contributed by atoms with E-state index in [9.17, 15) is 9.18 Å². The summed E-state index contributed by atoms with van der Waals surface area (Å²) in [6.45, 7) is 4.41. The van der Waals surface area contributed by atoms with Crippen molar-refractivity contribution in [3.8, 4) is 0 Å². The Morgan fingerprint density at radius 3 is 2.69 bits per heavy atom. The van der Waals surface area contributed by atoms with E-state index in [1.165, 1.54) is 6.07 Å². The van der Waals surface area contributed by atoms with E-state index < -0.39 is 0 Å². The molecular formula is C13H18FNO. The second-order valence-corrected chi connectivity index (χ2v) is 4.30. The second-order valence-electron chi connectivity index (χ2n) is 4.30. The van der Waals surface area contributed by atoms with Crippen molar-refractivity contribution in [2.24, 2.45) is 5.92 Å². The highest BCUT2D eigenvalue weighted by atomic mass is 19.1. The van der Waals surface area contributed by atoms with Crippen LogP contribution >= 0.6 is 0 Å². The molecule has 0 aliphatic rings. The normalized spacial score (nSPS) is 10.5. The molecular weight excluding hydrogens is 205 g/mol. The fraction of sp³-hybridized carbons (Fsp3) is 0.462. The lowest BCUT2D eigenvalue weighted by Crippen LogP contribution is -2.23. The fourth-order valence-corrected chi connectivity index (χ4v) is 1.34. The molecule has 3 heteroatoms. The minimum absolute atomic E-state index is 0.0167. The molecule has 1 aromatic carbocycles. The third-order valence-corrected chi connectivity index (χ3v) is 2.38. The first-order valence-electron chi connectivity index (χ1n) is 5.59. The van der Waals surface area contributed by atoms with Gasteiger partial charge < -0.3 is 5.32 Å². The SMILES string of the molecule is CC(C)CCC(=O)NCc1ccccc1F. The van der Waals surface area contributed by atoms with Gasteiger partial charge in [-0.1, -0.05) is 32.0 Å². The van der Waals surface area contributed by atoms with Gasteiger partial charge in [-0.05, 0) is 18.4 Å². The summed E-state index contributed by atoms with van der Waals surface area (Å²) in [5, 5.41) is 2.72. The molecule has 0 unspecified atom stereocenters. The van der Waals surface area contributed by atoms with Crippen LogP contribution in [0.25, 0.3) is 0 Å². The number of carbonyl (C=O) groups is 1. The summed E-state index contributed by atoms with van der Waals surface area (Å²) in [6.07, 6.45) is 1.37. The highest BCUT2D eigenvalue weighted by Crippen LogP contribution is 2.06. The van der Waals surface area contributed by atoms with Gasteiger partial charge >= 0.3 is 0 Å². The standard InChI is InChI=1S/C13H18FNO/c1-10(2)7-8-13(16)15-9-11-5-3-4-6-12(11)14/h3-6,10H,7-9H2,1-2H3,(H,15,16). The van der Waals surface area contributed by atoms with E-state index in [0.717, 1.165) is 6.42 Å². The molecule has 88 valence electrons. The van der Waals surface area contributed by atoms with Crippen LogP contribution in [0, 0.1) is 11.7 Å². The Kier molecular flexibility index (Phi) is 4.96. The van der Waals surface area contributed by atoms with Gasteiger partial charge in [-0.3, -0.25) is 4.79 Å². The lowest BCUT2D eigenvalue weighted by Gasteiger charge is -2.07. The van der Waals surface area contributed by atoms with E-state index in [4.69, 9.17) is 0 Å².